The number of hydrogen-bond donors (Lipinski definition) is 0. The Labute approximate surface area is 161 Å². The number of ether oxygens (including phenoxy) is 1. The van der Waals surface area contributed by atoms with Crippen molar-refractivity contribution < 1.29 is 4.74 Å². The molecule has 0 radical (unpaired) electrons. The average Bonchev–Trinajstić information content (AvgIpc) is 3.18. The van der Waals surface area contributed by atoms with Crippen LogP contribution in [0.1, 0.15) is 41.7 Å². The third-order valence-corrected chi connectivity index (χ3v) is 5.85. The summed E-state index contributed by atoms with van der Waals surface area (Å²) < 4.78 is 9.57. The van der Waals surface area contributed by atoms with Crippen LogP contribution in [-0.4, -0.2) is 73.7 Å². The van der Waals surface area contributed by atoms with Crippen molar-refractivity contribution in [1.82, 2.24) is 34.3 Å². The summed E-state index contributed by atoms with van der Waals surface area (Å²) in [4.78, 5) is 4.93. The maximum Gasteiger partial charge on any atom is 0.146 e. The minimum absolute atomic E-state index is 0.451. The van der Waals surface area contributed by atoms with E-state index in [1.807, 2.05) is 11.7 Å². The Morgan fingerprint density at radius 3 is 2.63 bits per heavy atom. The highest BCUT2D eigenvalue weighted by atomic mass is 16.5. The molecule has 0 amide bonds. The number of rotatable bonds is 5. The zero-order chi connectivity index (χ0) is 18.8. The van der Waals surface area contributed by atoms with Crippen LogP contribution in [0.25, 0.3) is 0 Å². The van der Waals surface area contributed by atoms with E-state index >= 15 is 0 Å². The molecule has 4 heterocycles. The van der Waals surface area contributed by atoms with E-state index in [1.165, 1.54) is 18.4 Å². The molecule has 27 heavy (non-hydrogen) atoms. The molecular weight excluding hydrogens is 342 g/mol. The van der Waals surface area contributed by atoms with Crippen molar-refractivity contribution in [3.05, 3.63) is 29.1 Å². The number of piperidine rings is 1. The second kappa shape index (κ2) is 8.08. The van der Waals surface area contributed by atoms with E-state index in [0.29, 0.717) is 5.92 Å². The molecule has 2 fully saturated rings. The lowest BCUT2D eigenvalue weighted by atomic mass is 9.96. The molecule has 8 heteroatoms. The maximum absolute atomic E-state index is 5.44. The summed E-state index contributed by atoms with van der Waals surface area (Å²) in [5, 5.41) is 13.6. The standard InChI is InChI=1S/C19H31N7O/c1-15-17(11-23(2)22-15)13-26-6-4-5-16(12-26)19-21-20-18(24(19)3)14-25-7-9-27-10-8-25/h11,16H,4-10,12-14H2,1-3H3/t16-/m0/s1. The SMILES string of the molecule is Cc1nn(C)cc1CN1CCC[C@H](c2nnc(CN3CCOCC3)n2C)C1. The first-order chi connectivity index (χ1) is 13.1. The van der Waals surface area contributed by atoms with E-state index in [9.17, 15) is 0 Å². The van der Waals surface area contributed by atoms with Gasteiger partial charge < -0.3 is 9.30 Å². The van der Waals surface area contributed by atoms with Crippen LogP contribution in [0.4, 0.5) is 0 Å². The highest BCUT2D eigenvalue weighted by Crippen LogP contribution is 2.27. The fourth-order valence-corrected chi connectivity index (χ4v) is 4.28. The molecule has 0 aliphatic carbocycles. The van der Waals surface area contributed by atoms with Crippen LogP contribution < -0.4 is 0 Å². The smallest absolute Gasteiger partial charge is 0.146 e. The molecule has 2 aromatic heterocycles. The van der Waals surface area contributed by atoms with E-state index in [0.717, 1.165) is 69.8 Å². The molecule has 2 saturated heterocycles. The maximum atomic E-state index is 5.44. The van der Waals surface area contributed by atoms with Gasteiger partial charge in [0.1, 0.15) is 11.6 Å². The molecule has 8 nitrogen and oxygen atoms in total. The van der Waals surface area contributed by atoms with Gasteiger partial charge >= 0.3 is 0 Å². The number of nitrogens with zero attached hydrogens (tertiary/aromatic N) is 7. The average molecular weight is 374 g/mol. The summed E-state index contributed by atoms with van der Waals surface area (Å²) >= 11 is 0. The molecular formula is C19H31N7O. The summed E-state index contributed by atoms with van der Waals surface area (Å²) in [6, 6.07) is 0. The molecule has 2 aliphatic heterocycles. The van der Waals surface area contributed by atoms with Crippen LogP contribution in [0.3, 0.4) is 0 Å². The highest BCUT2D eigenvalue weighted by molar-refractivity contribution is 5.15. The molecule has 2 aliphatic rings. The molecule has 148 valence electrons. The fraction of sp³-hybridized carbons (Fsp3) is 0.737. The van der Waals surface area contributed by atoms with Gasteiger partial charge in [-0.2, -0.15) is 5.10 Å². The van der Waals surface area contributed by atoms with E-state index in [2.05, 4.69) is 49.8 Å². The van der Waals surface area contributed by atoms with Gasteiger partial charge in [-0.3, -0.25) is 14.5 Å². The van der Waals surface area contributed by atoms with Gasteiger partial charge in [-0.05, 0) is 26.3 Å². The van der Waals surface area contributed by atoms with E-state index in [-0.39, 0.29) is 0 Å². The Kier molecular flexibility index (Phi) is 5.56. The van der Waals surface area contributed by atoms with Crippen molar-refractivity contribution in [2.24, 2.45) is 14.1 Å². The van der Waals surface area contributed by atoms with Crippen molar-refractivity contribution in [2.45, 2.75) is 38.8 Å². The molecule has 0 unspecified atom stereocenters. The fourth-order valence-electron chi connectivity index (χ4n) is 4.28. The number of aromatic nitrogens is 5. The minimum atomic E-state index is 0.451. The Hall–Kier alpha value is -1.77. The van der Waals surface area contributed by atoms with Crippen LogP contribution in [0.2, 0.25) is 0 Å². The van der Waals surface area contributed by atoms with E-state index < -0.39 is 0 Å². The van der Waals surface area contributed by atoms with Crippen LogP contribution >= 0.6 is 0 Å². The third-order valence-electron chi connectivity index (χ3n) is 5.85. The lowest BCUT2D eigenvalue weighted by molar-refractivity contribution is 0.0326. The van der Waals surface area contributed by atoms with Crippen molar-refractivity contribution in [1.29, 1.82) is 0 Å². The van der Waals surface area contributed by atoms with Crippen molar-refractivity contribution >= 4 is 0 Å². The number of likely N-dealkylation sites (tertiary alicyclic amines) is 1. The second-order valence-corrected chi connectivity index (χ2v) is 7.91. The molecule has 0 spiro atoms. The second-order valence-electron chi connectivity index (χ2n) is 7.91. The molecule has 0 bridgehead atoms. The zero-order valence-corrected chi connectivity index (χ0v) is 16.8. The van der Waals surface area contributed by atoms with Crippen molar-refractivity contribution in [3.8, 4) is 0 Å². The van der Waals surface area contributed by atoms with Gasteiger partial charge in [0.05, 0.1) is 25.5 Å². The van der Waals surface area contributed by atoms with Crippen LogP contribution in [0, 0.1) is 6.92 Å². The Morgan fingerprint density at radius 1 is 1.07 bits per heavy atom. The normalized spacial score (nSPS) is 22.4. The summed E-state index contributed by atoms with van der Waals surface area (Å²) in [6.07, 6.45) is 4.53. The zero-order valence-electron chi connectivity index (χ0n) is 16.8. The van der Waals surface area contributed by atoms with Gasteiger partial charge in [-0.15, -0.1) is 10.2 Å². The lowest BCUT2D eigenvalue weighted by Gasteiger charge is -2.32. The predicted molar refractivity (Wildman–Crippen MR) is 102 cm³/mol. The van der Waals surface area contributed by atoms with Crippen molar-refractivity contribution in [3.63, 3.8) is 0 Å². The van der Waals surface area contributed by atoms with E-state index in [4.69, 9.17) is 4.74 Å². The van der Waals surface area contributed by atoms with Crippen LogP contribution in [0.15, 0.2) is 6.20 Å². The van der Waals surface area contributed by atoms with Gasteiger partial charge in [0.2, 0.25) is 0 Å². The molecule has 0 N–H and O–H groups in total. The van der Waals surface area contributed by atoms with Gasteiger partial charge in [0, 0.05) is 58.0 Å². The van der Waals surface area contributed by atoms with Crippen molar-refractivity contribution in [2.75, 3.05) is 39.4 Å². The van der Waals surface area contributed by atoms with E-state index in [1.54, 1.807) is 0 Å². The lowest BCUT2D eigenvalue weighted by Crippen LogP contribution is -2.36. The highest BCUT2D eigenvalue weighted by Gasteiger charge is 2.27. The number of aryl methyl sites for hydroxylation is 2. The molecule has 1 atom stereocenters. The first kappa shape index (κ1) is 18.6. The summed E-state index contributed by atoms with van der Waals surface area (Å²) in [6.45, 7) is 9.69. The monoisotopic (exact) mass is 373 g/mol. The molecule has 0 saturated carbocycles. The Balaban J connectivity index is 1.41. The summed E-state index contributed by atoms with van der Waals surface area (Å²) in [7, 11) is 4.11. The largest absolute Gasteiger partial charge is 0.379 e. The Bertz CT molecular complexity index is 762. The topological polar surface area (TPSA) is 64.2 Å². The quantitative estimate of drug-likeness (QED) is 0.781. The Morgan fingerprint density at radius 2 is 1.89 bits per heavy atom. The van der Waals surface area contributed by atoms with Gasteiger partial charge in [0.15, 0.2) is 0 Å². The van der Waals surface area contributed by atoms with Gasteiger partial charge in [0.25, 0.3) is 0 Å². The summed E-state index contributed by atoms with van der Waals surface area (Å²) in [5.41, 5.74) is 2.45. The minimum Gasteiger partial charge on any atom is -0.379 e. The molecule has 4 rings (SSSR count). The predicted octanol–water partition coefficient (Wildman–Crippen LogP) is 1.07. The molecule has 0 aromatic carbocycles. The van der Waals surface area contributed by atoms with Gasteiger partial charge in [-0.1, -0.05) is 0 Å². The number of hydrogen-bond acceptors (Lipinski definition) is 6. The first-order valence-corrected chi connectivity index (χ1v) is 10.00. The summed E-state index contributed by atoms with van der Waals surface area (Å²) in [5.74, 6) is 2.64. The van der Waals surface area contributed by atoms with Crippen LogP contribution in [0.5, 0.6) is 0 Å². The van der Waals surface area contributed by atoms with Crippen LogP contribution in [-0.2, 0) is 31.9 Å². The number of morpholine rings is 1. The third kappa shape index (κ3) is 4.23. The first-order valence-electron chi connectivity index (χ1n) is 10.00. The van der Waals surface area contributed by atoms with Gasteiger partial charge in [-0.25, -0.2) is 0 Å². The molecule has 2 aromatic rings.